The smallest absolute Gasteiger partial charge is 0.337 e. The van der Waals surface area contributed by atoms with E-state index in [1.165, 1.54) is 13.2 Å². The fourth-order valence-corrected chi connectivity index (χ4v) is 1.19. The van der Waals surface area contributed by atoms with Crippen LogP contribution in [0.3, 0.4) is 0 Å². The zero-order valence-corrected chi connectivity index (χ0v) is 8.27. The fraction of sp³-hybridized carbons (Fsp3) is 0.200. The predicted octanol–water partition coefficient (Wildman–Crippen LogP) is 0.824. The van der Waals surface area contributed by atoms with Crippen molar-refractivity contribution >= 4 is 5.97 Å². The molecule has 0 aliphatic heterocycles. The Balaban J connectivity index is 3.41. The van der Waals surface area contributed by atoms with Gasteiger partial charge in [0, 0.05) is 11.6 Å². The minimum Gasteiger partial charge on any atom is -0.497 e. The van der Waals surface area contributed by atoms with Crippen molar-refractivity contribution in [3.63, 3.8) is 0 Å². The zero-order chi connectivity index (χ0) is 12.3. The van der Waals surface area contributed by atoms with Crippen molar-refractivity contribution in [1.82, 2.24) is 0 Å². The molecule has 2 N–H and O–H groups in total. The highest BCUT2D eigenvalue weighted by Gasteiger charge is 2.23. The van der Waals surface area contributed by atoms with E-state index >= 15 is 0 Å². The second-order valence-corrected chi connectivity index (χ2v) is 2.93. The summed E-state index contributed by atoms with van der Waals surface area (Å²) in [4.78, 5) is 10.6. The van der Waals surface area contributed by atoms with Crippen molar-refractivity contribution in [2.75, 3.05) is 7.11 Å². The highest BCUT2D eigenvalue weighted by atomic mass is 19.1. The molecule has 0 aliphatic rings. The van der Waals surface area contributed by atoms with Gasteiger partial charge in [-0.05, 0) is 6.07 Å². The number of carboxylic acid groups (broad SMARTS) is 1. The summed E-state index contributed by atoms with van der Waals surface area (Å²) >= 11 is 0. The van der Waals surface area contributed by atoms with Crippen LogP contribution in [-0.4, -0.2) is 23.3 Å². The summed E-state index contributed by atoms with van der Waals surface area (Å²) in [5, 5.41) is 26.5. The number of aliphatic carboxylic acids is 1. The van der Waals surface area contributed by atoms with E-state index in [1.54, 1.807) is 0 Å². The lowest BCUT2D eigenvalue weighted by Gasteiger charge is -2.10. The third-order valence-corrected chi connectivity index (χ3v) is 1.97. The maximum absolute atomic E-state index is 13.3. The van der Waals surface area contributed by atoms with Crippen molar-refractivity contribution < 1.29 is 24.1 Å². The quantitative estimate of drug-likeness (QED) is 0.794. The number of hydrogen-bond donors (Lipinski definition) is 2. The Hall–Kier alpha value is -2.13. The van der Waals surface area contributed by atoms with Gasteiger partial charge in [-0.25, -0.2) is 9.18 Å². The van der Waals surface area contributed by atoms with Gasteiger partial charge in [0.05, 0.1) is 12.7 Å². The molecule has 1 rings (SSSR count). The molecule has 0 aromatic heterocycles. The first-order chi connectivity index (χ1) is 7.51. The van der Waals surface area contributed by atoms with Crippen LogP contribution in [0.2, 0.25) is 0 Å². The number of carboxylic acids is 1. The van der Waals surface area contributed by atoms with Gasteiger partial charge in [0.15, 0.2) is 6.10 Å². The molecular formula is C10H8FNO4. The van der Waals surface area contributed by atoms with E-state index in [0.717, 1.165) is 12.1 Å². The molecule has 0 aliphatic carbocycles. The second kappa shape index (κ2) is 4.59. The molecule has 0 bridgehead atoms. The minimum atomic E-state index is -1.96. The third-order valence-electron chi connectivity index (χ3n) is 1.97. The van der Waals surface area contributed by atoms with Gasteiger partial charge >= 0.3 is 5.97 Å². The molecule has 1 aromatic rings. The molecule has 0 radical (unpaired) electrons. The number of hydrogen-bond acceptors (Lipinski definition) is 4. The molecule has 0 heterocycles. The minimum absolute atomic E-state index is 0.0341. The van der Waals surface area contributed by atoms with E-state index < -0.39 is 23.5 Å². The van der Waals surface area contributed by atoms with Crippen molar-refractivity contribution in [2.45, 2.75) is 6.10 Å². The lowest BCUT2D eigenvalue weighted by atomic mass is 10.0. The van der Waals surface area contributed by atoms with Crippen LogP contribution in [-0.2, 0) is 4.79 Å². The van der Waals surface area contributed by atoms with Crippen LogP contribution < -0.4 is 4.74 Å². The van der Waals surface area contributed by atoms with Gasteiger partial charge in [-0.3, -0.25) is 0 Å². The molecule has 0 spiro atoms. The average Bonchev–Trinajstić information content (AvgIpc) is 2.26. The molecule has 1 atom stereocenters. The molecule has 0 saturated carbocycles. The van der Waals surface area contributed by atoms with E-state index in [9.17, 15) is 14.3 Å². The van der Waals surface area contributed by atoms with Gasteiger partial charge in [-0.2, -0.15) is 5.26 Å². The largest absolute Gasteiger partial charge is 0.497 e. The summed E-state index contributed by atoms with van der Waals surface area (Å²) in [6.07, 6.45) is -1.96. The van der Waals surface area contributed by atoms with E-state index in [4.69, 9.17) is 15.1 Å². The van der Waals surface area contributed by atoms with Crippen molar-refractivity contribution in [1.29, 1.82) is 5.26 Å². The molecule has 5 nitrogen and oxygen atoms in total. The lowest BCUT2D eigenvalue weighted by Crippen LogP contribution is -2.13. The van der Waals surface area contributed by atoms with Gasteiger partial charge in [-0.1, -0.05) is 0 Å². The number of nitriles is 1. The standard InChI is InChI=1S/C10H8FNO4/c1-16-5-2-6(9(13)10(14)15)7(4-12)8(11)3-5/h2-3,9,13H,1H3,(H,14,15). The predicted molar refractivity (Wildman–Crippen MR) is 50.3 cm³/mol. The van der Waals surface area contributed by atoms with E-state index in [-0.39, 0.29) is 11.3 Å². The molecule has 84 valence electrons. The maximum Gasteiger partial charge on any atom is 0.337 e. The van der Waals surface area contributed by atoms with Crippen LogP contribution in [0, 0.1) is 17.1 Å². The number of ether oxygens (including phenoxy) is 1. The monoisotopic (exact) mass is 225 g/mol. The first-order valence-corrected chi connectivity index (χ1v) is 4.19. The number of halogens is 1. The summed E-state index contributed by atoms with van der Waals surface area (Å²) in [7, 11) is 1.26. The Kier molecular flexibility index (Phi) is 3.43. The van der Waals surface area contributed by atoms with Crippen molar-refractivity contribution in [2.24, 2.45) is 0 Å². The molecule has 1 aromatic carbocycles. The Labute approximate surface area is 90.3 Å². The van der Waals surface area contributed by atoms with E-state index in [1.807, 2.05) is 0 Å². The van der Waals surface area contributed by atoms with Crippen LogP contribution in [0.15, 0.2) is 12.1 Å². The van der Waals surface area contributed by atoms with E-state index in [0.29, 0.717) is 0 Å². The molecule has 0 saturated heterocycles. The van der Waals surface area contributed by atoms with Crippen LogP contribution in [0.1, 0.15) is 17.2 Å². The summed E-state index contributed by atoms with van der Waals surface area (Å²) in [5.41, 5.74) is -0.831. The summed E-state index contributed by atoms with van der Waals surface area (Å²) < 4.78 is 18.0. The molecular weight excluding hydrogens is 217 g/mol. The van der Waals surface area contributed by atoms with Gasteiger partial charge < -0.3 is 14.9 Å². The number of carbonyl (C=O) groups is 1. The zero-order valence-electron chi connectivity index (χ0n) is 8.27. The Morgan fingerprint density at radius 2 is 2.25 bits per heavy atom. The molecule has 0 fully saturated rings. The van der Waals surface area contributed by atoms with Crippen LogP contribution in [0.5, 0.6) is 5.75 Å². The molecule has 1 unspecified atom stereocenters. The van der Waals surface area contributed by atoms with Gasteiger partial charge in [-0.15, -0.1) is 0 Å². The molecule has 0 amide bonds. The topological polar surface area (TPSA) is 90.5 Å². The highest BCUT2D eigenvalue weighted by molar-refractivity contribution is 5.75. The number of benzene rings is 1. The Morgan fingerprint density at radius 1 is 1.62 bits per heavy atom. The van der Waals surface area contributed by atoms with Crippen LogP contribution in [0.25, 0.3) is 0 Å². The SMILES string of the molecule is COc1cc(F)c(C#N)c(C(O)C(=O)O)c1. The summed E-state index contributed by atoms with van der Waals surface area (Å²) in [6, 6.07) is 3.55. The lowest BCUT2D eigenvalue weighted by molar-refractivity contribution is -0.146. The first-order valence-electron chi connectivity index (χ1n) is 4.19. The van der Waals surface area contributed by atoms with Crippen molar-refractivity contribution in [3.05, 3.63) is 29.1 Å². The van der Waals surface area contributed by atoms with Gasteiger partial charge in [0.2, 0.25) is 0 Å². The second-order valence-electron chi connectivity index (χ2n) is 2.93. The third kappa shape index (κ3) is 2.10. The van der Waals surface area contributed by atoms with Gasteiger partial charge in [0.25, 0.3) is 0 Å². The van der Waals surface area contributed by atoms with Gasteiger partial charge in [0.1, 0.15) is 17.6 Å². The van der Waals surface area contributed by atoms with Crippen LogP contribution in [0.4, 0.5) is 4.39 Å². The Bertz CT molecular complexity index is 467. The highest BCUT2D eigenvalue weighted by Crippen LogP contribution is 2.26. The average molecular weight is 225 g/mol. The maximum atomic E-state index is 13.3. The number of rotatable bonds is 3. The number of nitrogens with zero attached hydrogens (tertiary/aromatic N) is 1. The number of methoxy groups -OCH3 is 1. The number of aliphatic hydroxyl groups excluding tert-OH is 1. The fourth-order valence-electron chi connectivity index (χ4n) is 1.19. The van der Waals surface area contributed by atoms with E-state index in [2.05, 4.69) is 0 Å². The first kappa shape index (κ1) is 11.9. The summed E-state index contributed by atoms with van der Waals surface area (Å²) in [6.45, 7) is 0. The molecule has 16 heavy (non-hydrogen) atoms. The number of aliphatic hydroxyl groups is 1. The normalized spacial score (nSPS) is 11.6. The Morgan fingerprint density at radius 3 is 2.69 bits per heavy atom. The molecule has 6 heteroatoms. The van der Waals surface area contributed by atoms with Crippen molar-refractivity contribution in [3.8, 4) is 11.8 Å². The summed E-state index contributed by atoms with van der Waals surface area (Å²) in [5.74, 6) is -2.46. The van der Waals surface area contributed by atoms with Crippen LogP contribution >= 0.6 is 0 Å².